The lowest BCUT2D eigenvalue weighted by Gasteiger charge is -2.25. The number of hydrogen-bond acceptors (Lipinski definition) is 4. The van der Waals surface area contributed by atoms with E-state index in [1.807, 2.05) is 11.0 Å². The third-order valence-electron chi connectivity index (χ3n) is 2.83. The predicted octanol–water partition coefficient (Wildman–Crippen LogP) is 0.394. The maximum absolute atomic E-state index is 11.4. The molecule has 16 heavy (non-hydrogen) atoms. The number of nitrogens with one attached hydrogen (secondary N) is 1. The van der Waals surface area contributed by atoms with Crippen LogP contribution in [0.2, 0.25) is 0 Å². The second-order valence-corrected chi connectivity index (χ2v) is 3.94. The summed E-state index contributed by atoms with van der Waals surface area (Å²) in [7, 11) is 0. The molecule has 1 aliphatic rings. The lowest BCUT2D eigenvalue weighted by atomic mass is 10.2. The molecule has 1 N–H and O–H groups in total. The van der Waals surface area contributed by atoms with Crippen LogP contribution in [-0.2, 0) is 4.79 Å². The van der Waals surface area contributed by atoms with Crippen LogP contribution < -0.4 is 5.32 Å². The number of nitrogens with zero attached hydrogens (tertiary/aromatic N) is 3. The van der Waals surface area contributed by atoms with Gasteiger partial charge in [-0.1, -0.05) is 12.8 Å². The highest BCUT2D eigenvalue weighted by molar-refractivity contribution is 5.78. The highest BCUT2D eigenvalue weighted by Gasteiger charge is 2.23. The van der Waals surface area contributed by atoms with Crippen molar-refractivity contribution in [2.24, 2.45) is 0 Å². The Hall–Kier alpha value is -1.59. The monoisotopic (exact) mass is 220 g/mol. The van der Waals surface area contributed by atoms with Crippen LogP contribution >= 0.6 is 0 Å². The van der Waals surface area contributed by atoms with E-state index in [0.717, 1.165) is 12.8 Å². The average molecular weight is 220 g/mol. The maximum atomic E-state index is 11.4. The average Bonchev–Trinajstić information content (AvgIpc) is 2.79. The summed E-state index contributed by atoms with van der Waals surface area (Å²) in [4.78, 5) is 13.3. The summed E-state index contributed by atoms with van der Waals surface area (Å²) in [6.07, 6.45) is 4.47. The van der Waals surface area contributed by atoms with Crippen LogP contribution in [0.1, 0.15) is 25.7 Å². The fraction of sp³-hybridized carbons (Fsp3) is 0.727. The molecule has 1 rings (SSSR count). The Bertz CT molecular complexity index is 309. The highest BCUT2D eigenvalue weighted by Crippen LogP contribution is 2.22. The van der Waals surface area contributed by atoms with Crippen molar-refractivity contribution < 1.29 is 4.79 Å². The summed E-state index contributed by atoms with van der Waals surface area (Å²) < 4.78 is 0. The van der Waals surface area contributed by atoms with Gasteiger partial charge in [0, 0.05) is 6.04 Å². The molecular weight excluding hydrogens is 204 g/mol. The fourth-order valence-electron chi connectivity index (χ4n) is 2.05. The summed E-state index contributed by atoms with van der Waals surface area (Å²) in [5.41, 5.74) is 0. The van der Waals surface area contributed by atoms with Crippen molar-refractivity contribution in [1.29, 1.82) is 10.5 Å². The number of hydrogen-bond donors (Lipinski definition) is 1. The van der Waals surface area contributed by atoms with Crippen LogP contribution in [-0.4, -0.2) is 36.5 Å². The van der Waals surface area contributed by atoms with Gasteiger partial charge >= 0.3 is 0 Å². The first-order valence-electron chi connectivity index (χ1n) is 5.52. The Kier molecular flexibility index (Phi) is 5.31. The van der Waals surface area contributed by atoms with Crippen molar-refractivity contribution in [2.75, 3.05) is 19.6 Å². The summed E-state index contributed by atoms with van der Waals surface area (Å²) >= 11 is 0. The van der Waals surface area contributed by atoms with Crippen molar-refractivity contribution in [3.63, 3.8) is 0 Å². The number of amides is 1. The first-order valence-corrected chi connectivity index (χ1v) is 5.52. The fourth-order valence-corrected chi connectivity index (χ4v) is 2.05. The lowest BCUT2D eigenvalue weighted by molar-refractivity contribution is -0.122. The van der Waals surface area contributed by atoms with Crippen LogP contribution in [0.15, 0.2) is 0 Å². The molecule has 1 amide bonds. The van der Waals surface area contributed by atoms with Gasteiger partial charge in [-0.2, -0.15) is 10.5 Å². The van der Waals surface area contributed by atoms with Crippen LogP contribution in [0, 0.1) is 22.7 Å². The summed E-state index contributed by atoms with van der Waals surface area (Å²) in [6.45, 7) is 0.536. The number of nitriles is 2. The molecular formula is C11H16N4O. The van der Waals surface area contributed by atoms with E-state index in [1.165, 1.54) is 12.8 Å². The molecule has 0 unspecified atom stereocenters. The zero-order valence-electron chi connectivity index (χ0n) is 9.28. The van der Waals surface area contributed by atoms with E-state index < -0.39 is 0 Å². The van der Waals surface area contributed by atoms with Crippen LogP contribution in [0.5, 0.6) is 0 Å². The molecule has 0 heterocycles. The zero-order chi connectivity index (χ0) is 11.8. The Morgan fingerprint density at radius 2 is 2.00 bits per heavy atom. The van der Waals surface area contributed by atoms with Gasteiger partial charge in [-0.15, -0.1) is 0 Å². The summed E-state index contributed by atoms with van der Waals surface area (Å²) in [5.74, 6) is -0.177. The van der Waals surface area contributed by atoms with E-state index in [4.69, 9.17) is 10.5 Å². The van der Waals surface area contributed by atoms with E-state index >= 15 is 0 Å². The van der Waals surface area contributed by atoms with Gasteiger partial charge in [-0.05, 0) is 12.8 Å². The van der Waals surface area contributed by atoms with Crippen LogP contribution in [0.3, 0.4) is 0 Å². The SMILES string of the molecule is N#CCNC(=O)CN(CC#N)C1CCCC1. The van der Waals surface area contributed by atoms with Crippen molar-refractivity contribution in [3.8, 4) is 12.1 Å². The van der Waals surface area contributed by atoms with Crippen molar-refractivity contribution in [1.82, 2.24) is 10.2 Å². The first kappa shape index (κ1) is 12.5. The minimum Gasteiger partial charge on any atom is -0.342 e. The molecule has 0 bridgehead atoms. The standard InChI is InChI=1S/C11H16N4O/c12-5-7-14-11(16)9-15(8-6-13)10-3-1-2-4-10/h10H,1-4,7-9H2,(H,14,16). The third-order valence-corrected chi connectivity index (χ3v) is 2.83. The van der Waals surface area contributed by atoms with Gasteiger partial charge in [0.1, 0.15) is 6.54 Å². The quantitative estimate of drug-likeness (QED) is 0.680. The third kappa shape index (κ3) is 3.88. The summed E-state index contributed by atoms with van der Waals surface area (Å²) in [6, 6.07) is 4.30. The largest absolute Gasteiger partial charge is 0.342 e. The van der Waals surface area contributed by atoms with Crippen molar-refractivity contribution >= 4 is 5.91 Å². The molecule has 5 heteroatoms. The first-order chi connectivity index (χ1) is 7.77. The normalized spacial score (nSPS) is 15.7. The van der Waals surface area contributed by atoms with Gasteiger partial charge in [-0.3, -0.25) is 9.69 Å². The molecule has 0 aromatic carbocycles. The van der Waals surface area contributed by atoms with E-state index in [1.54, 1.807) is 0 Å². The number of rotatable bonds is 5. The van der Waals surface area contributed by atoms with E-state index in [2.05, 4.69) is 11.4 Å². The molecule has 0 spiro atoms. The van der Waals surface area contributed by atoms with Crippen molar-refractivity contribution in [3.05, 3.63) is 0 Å². The molecule has 86 valence electrons. The highest BCUT2D eigenvalue weighted by atomic mass is 16.2. The molecule has 0 aliphatic heterocycles. The van der Waals surface area contributed by atoms with Gasteiger partial charge in [0.05, 0.1) is 25.2 Å². The number of carbonyl (C=O) groups is 1. The minimum atomic E-state index is -0.177. The molecule has 0 radical (unpaired) electrons. The predicted molar refractivity (Wildman–Crippen MR) is 58.1 cm³/mol. The van der Waals surface area contributed by atoms with E-state index in [-0.39, 0.29) is 25.5 Å². The number of carbonyl (C=O) groups excluding carboxylic acids is 1. The molecule has 0 aromatic rings. The molecule has 1 fully saturated rings. The van der Waals surface area contributed by atoms with Crippen LogP contribution in [0.4, 0.5) is 0 Å². The van der Waals surface area contributed by atoms with Crippen LogP contribution in [0.25, 0.3) is 0 Å². The van der Waals surface area contributed by atoms with E-state index in [9.17, 15) is 4.79 Å². The van der Waals surface area contributed by atoms with Gasteiger partial charge in [0.25, 0.3) is 0 Å². The molecule has 1 aliphatic carbocycles. The molecule has 0 atom stereocenters. The minimum absolute atomic E-state index is 0.0316. The Labute approximate surface area is 95.6 Å². The van der Waals surface area contributed by atoms with Crippen molar-refractivity contribution in [2.45, 2.75) is 31.7 Å². The Morgan fingerprint density at radius 3 is 2.56 bits per heavy atom. The molecule has 0 aromatic heterocycles. The molecule has 0 saturated heterocycles. The summed E-state index contributed by atoms with van der Waals surface area (Å²) in [5, 5.41) is 19.5. The topological polar surface area (TPSA) is 79.9 Å². The van der Waals surface area contributed by atoms with Gasteiger partial charge in [0.2, 0.25) is 5.91 Å². The molecule has 1 saturated carbocycles. The second-order valence-electron chi connectivity index (χ2n) is 3.94. The zero-order valence-corrected chi connectivity index (χ0v) is 9.28. The van der Waals surface area contributed by atoms with Gasteiger partial charge < -0.3 is 5.32 Å². The Morgan fingerprint density at radius 1 is 1.31 bits per heavy atom. The van der Waals surface area contributed by atoms with E-state index in [0.29, 0.717) is 6.04 Å². The lowest BCUT2D eigenvalue weighted by Crippen LogP contribution is -2.42. The second kappa shape index (κ2) is 6.81. The maximum Gasteiger partial charge on any atom is 0.235 e. The van der Waals surface area contributed by atoms with Gasteiger partial charge in [-0.25, -0.2) is 0 Å². The Balaban J connectivity index is 2.41. The molecule has 5 nitrogen and oxygen atoms in total. The smallest absolute Gasteiger partial charge is 0.235 e. The van der Waals surface area contributed by atoms with Gasteiger partial charge in [0.15, 0.2) is 0 Å².